The van der Waals surface area contributed by atoms with Crippen LogP contribution in [-0.2, 0) is 33.4 Å². The molecule has 1 unspecified atom stereocenters. The molecule has 4 heterocycles. The van der Waals surface area contributed by atoms with Crippen LogP contribution < -0.4 is 5.32 Å². The Bertz CT molecular complexity index is 1330. The van der Waals surface area contributed by atoms with Crippen LogP contribution in [0.2, 0.25) is 0 Å². The van der Waals surface area contributed by atoms with Crippen molar-refractivity contribution in [2.45, 2.75) is 54.3 Å². The number of aliphatic hydroxyl groups is 1. The number of carbonyl (C=O) groups excluding carboxylic acids is 4. The minimum Gasteiger partial charge on any atom is -0.463 e. The second kappa shape index (κ2) is 16.5. The largest absolute Gasteiger partial charge is 0.463 e. The number of esters is 1. The van der Waals surface area contributed by atoms with Gasteiger partial charge in [-0.1, -0.05) is 58.4 Å². The molecule has 4 fully saturated rings. The fourth-order valence-corrected chi connectivity index (χ4v) is 8.48. The van der Waals surface area contributed by atoms with Gasteiger partial charge in [0, 0.05) is 57.1 Å². The number of likely N-dealkylation sites (tertiary alicyclic amines) is 1. The summed E-state index contributed by atoms with van der Waals surface area (Å²) in [6.45, 7) is 11.6. The molecule has 0 aliphatic carbocycles. The number of aliphatic hydroxyl groups excluding tert-OH is 1. The fraction of sp³-hybridized carbons (Fsp3) is 0.600. The molecule has 12 nitrogen and oxygen atoms in total. The van der Waals surface area contributed by atoms with Gasteiger partial charge in [0.1, 0.15) is 18.2 Å². The van der Waals surface area contributed by atoms with Crippen molar-refractivity contribution in [3.63, 3.8) is 0 Å². The number of fused-ring (bicyclic) bond motifs is 1. The molecule has 4 aliphatic heterocycles. The van der Waals surface area contributed by atoms with E-state index in [1.54, 1.807) is 17.1 Å². The number of ether oxygens (including phenoxy) is 3. The molecular weight excluding hydrogens is 684 g/mol. The number of allylic oxidation sites excluding steroid dienone is 1. The van der Waals surface area contributed by atoms with Crippen molar-refractivity contribution in [3.8, 4) is 0 Å². The third kappa shape index (κ3) is 7.55. The van der Waals surface area contributed by atoms with Crippen molar-refractivity contribution in [1.29, 1.82) is 0 Å². The Hall–Kier alpha value is -3.10. The number of benzene rings is 1. The van der Waals surface area contributed by atoms with Crippen molar-refractivity contribution in [1.82, 2.24) is 20.0 Å². The Morgan fingerprint density at radius 2 is 1.92 bits per heavy atom. The Labute approximate surface area is 290 Å². The summed E-state index contributed by atoms with van der Waals surface area (Å²) in [7, 11) is 0. The van der Waals surface area contributed by atoms with Crippen LogP contribution in [0.5, 0.6) is 0 Å². The predicted molar refractivity (Wildman–Crippen MR) is 181 cm³/mol. The molecule has 5 rings (SSSR count). The van der Waals surface area contributed by atoms with Gasteiger partial charge in [0.05, 0.1) is 37.2 Å². The number of halogens is 1. The summed E-state index contributed by atoms with van der Waals surface area (Å²) in [5.41, 5.74) is -0.491. The molecule has 0 aromatic heterocycles. The van der Waals surface area contributed by atoms with Crippen molar-refractivity contribution in [2.75, 3.05) is 65.7 Å². The average Bonchev–Trinajstić information content (AvgIpc) is 3.69. The number of hydrogen-bond acceptors (Lipinski definition) is 9. The summed E-state index contributed by atoms with van der Waals surface area (Å²) in [5, 5.41) is 12.8. The van der Waals surface area contributed by atoms with Crippen LogP contribution in [0.4, 0.5) is 0 Å². The first-order valence-electron chi connectivity index (χ1n) is 16.8. The number of carbonyl (C=O) groups is 4. The lowest BCUT2D eigenvalue weighted by atomic mass is 9.70. The van der Waals surface area contributed by atoms with Gasteiger partial charge < -0.3 is 34.4 Å². The van der Waals surface area contributed by atoms with Crippen LogP contribution >= 0.6 is 15.9 Å². The summed E-state index contributed by atoms with van der Waals surface area (Å²) >= 11 is 3.73. The van der Waals surface area contributed by atoms with E-state index in [1.807, 2.05) is 30.3 Å². The van der Waals surface area contributed by atoms with Gasteiger partial charge in [0.25, 0.3) is 0 Å². The molecule has 13 heteroatoms. The molecule has 48 heavy (non-hydrogen) atoms. The van der Waals surface area contributed by atoms with Crippen molar-refractivity contribution >= 4 is 39.6 Å². The first kappa shape index (κ1) is 36.2. The number of amides is 3. The molecule has 7 atom stereocenters. The van der Waals surface area contributed by atoms with E-state index in [9.17, 15) is 24.3 Å². The lowest BCUT2D eigenvalue weighted by Crippen LogP contribution is -2.58. The van der Waals surface area contributed by atoms with Crippen molar-refractivity contribution in [2.24, 2.45) is 11.8 Å². The zero-order valence-corrected chi connectivity index (χ0v) is 28.9. The monoisotopic (exact) mass is 730 g/mol. The highest BCUT2D eigenvalue weighted by atomic mass is 79.9. The Kier molecular flexibility index (Phi) is 12.5. The maximum atomic E-state index is 14.6. The normalized spacial score (nSPS) is 28.5. The molecule has 1 spiro atoms. The minimum atomic E-state index is -1.23. The Balaban J connectivity index is 1.40. The Morgan fingerprint density at radius 1 is 1.17 bits per heavy atom. The van der Waals surface area contributed by atoms with Gasteiger partial charge in [-0.2, -0.15) is 0 Å². The molecule has 4 saturated heterocycles. The standard InChI is InChI=1S/C35H47BrN4O8/c1-3-5-12-27(42)47-23-26(24-10-7-6-8-11-24)37-32(43)28-29-33(44)40(14-9-19-41)31(35(29)22-25(36)30(28)48-35)34(45)39(13-4-2)16-15-38-17-20-46-21-18-38/h3-4,6-8,10-11,25-26,28-31,41H,1-2,5,9,12-23H2,(H,37,43)/t25?,26-,28+,29-,30+,31+,35-/m1/s1. The van der Waals surface area contributed by atoms with E-state index in [-0.39, 0.29) is 55.8 Å². The second-order valence-corrected chi connectivity index (χ2v) is 14.0. The number of alkyl halides is 1. The number of nitrogens with one attached hydrogen (secondary N) is 1. The van der Waals surface area contributed by atoms with Crippen LogP contribution in [0.1, 0.15) is 37.3 Å². The zero-order chi connectivity index (χ0) is 34.3. The maximum Gasteiger partial charge on any atom is 0.306 e. The lowest BCUT2D eigenvalue weighted by Gasteiger charge is -2.38. The van der Waals surface area contributed by atoms with Gasteiger partial charge in [-0.25, -0.2) is 0 Å². The van der Waals surface area contributed by atoms with Gasteiger partial charge in [-0.3, -0.25) is 24.1 Å². The molecule has 1 aromatic carbocycles. The summed E-state index contributed by atoms with van der Waals surface area (Å²) < 4.78 is 17.7. The zero-order valence-electron chi connectivity index (χ0n) is 27.3. The first-order valence-corrected chi connectivity index (χ1v) is 17.7. The molecule has 0 saturated carbocycles. The molecule has 262 valence electrons. The highest BCUT2D eigenvalue weighted by molar-refractivity contribution is 9.09. The van der Waals surface area contributed by atoms with E-state index < -0.39 is 47.5 Å². The smallest absolute Gasteiger partial charge is 0.306 e. The van der Waals surface area contributed by atoms with Gasteiger partial charge in [0.2, 0.25) is 17.7 Å². The Morgan fingerprint density at radius 3 is 2.60 bits per heavy atom. The topological polar surface area (TPSA) is 138 Å². The van der Waals surface area contributed by atoms with Gasteiger partial charge in [-0.05, 0) is 24.8 Å². The van der Waals surface area contributed by atoms with E-state index >= 15 is 0 Å². The molecule has 1 aromatic rings. The SMILES string of the molecule is C=CCCC(=O)OC[C@@H](NC(=O)[C@@H]1[C@H]2O[C@@]3(CC2Br)[C@H](C(=O)N(CC=C)CCN2CCOCC2)N(CCCO)C(=O)[C@@H]13)c1ccccc1. The van der Waals surface area contributed by atoms with Crippen LogP contribution in [-0.4, -0.2) is 132 Å². The number of rotatable bonds is 17. The minimum absolute atomic E-state index is 0.0884. The molecule has 2 bridgehead atoms. The average molecular weight is 732 g/mol. The van der Waals surface area contributed by atoms with E-state index in [0.717, 1.165) is 18.7 Å². The summed E-state index contributed by atoms with van der Waals surface area (Å²) in [4.78, 5) is 60.7. The maximum absolute atomic E-state index is 14.6. The lowest BCUT2D eigenvalue weighted by molar-refractivity contribution is -0.148. The summed E-state index contributed by atoms with van der Waals surface area (Å²) in [6, 6.07) is 7.57. The predicted octanol–water partition coefficient (Wildman–Crippen LogP) is 1.83. The molecule has 0 radical (unpaired) electrons. The van der Waals surface area contributed by atoms with Crippen LogP contribution in [0.15, 0.2) is 55.6 Å². The number of nitrogens with zero attached hydrogens (tertiary/aromatic N) is 3. The second-order valence-electron chi connectivity index (χ2n) is 12.8. The van der Waals surface area contributed by atoms with Gasteiger partial charge in [-0.15, -0.1) is 13.2 Å². The molecule has 2 N–H and O–H groups in total. The number of hydrogen-bond donors (Lipinski definition) is 2. The highest BCUT2D eigenvalue weighted by Crippen LogP contribution is 2.60. The van der Waals surface area contributed by atoms with Crippen LogP contribution in [0.25, 0.3) is 0 Å². The van der Waals surface area contributed by atoms with Crippen molar-refractivity contribution in [3.05, 3.63) is 61.2 Å². The van der Waals surface area contributed by atoms with E-state index in [4.69, 9.17) is 14.2 Å². The van der Waals surface area contributed by atoms with E-state index in [0.29, 0.717) is 39.1 Å². The molecular formula is C35H47BrN4O8. The third-order valence-corrected chi connectivity index (χ3v) is 10.7. The van der Waals surface area contributed by atoms with Crippen LogP contribution in [0.3, 0.4) is 0 Å². The van der Waals surface area contributed by atoms with Gasteiger partial charge in [0.15, 0.2) is 0 Å². The fourth-order valence-electron chi connectivity index (χ4n) is 7.54. The molecule has 3 amide bonds. The van der Waals surface area contributed by atoms with E-state index in [2.05, 4.69) is 39.3 Å². The highest BCUT2D eigenvalue weighted by Gasteiger charge is 2.76. The summed E-state index contributed by atoms with van der Waals surface area (Å²) in [5.74, 6) is -3.20. The summed E-state index contributed by atoms with van der Waals surface area (Å²) in [6.07, 6.45) is 3.96. The molecule has 4 aliphatic rings. The van der Waals surface area contributed by atoms with E-state index in [1.165, 1.54) is 4.90 Å². The van der Waals surface area contributed by atoms with Crippen LogP contribution in [0, 0.1) is 11.8 Å². The third-order valence-electron chi connectivity index (χ3n) is 9.82. The first-order chi connectivity index (χ1) is 23.2. The number of morpholine rings is 1. The quantitative estimate of drug-likeness (QED) is 0.140. The van der Waals surface area contributed by atoms with Gasteiger partial charge >= 0.3 is 5.97 Å². The van der Waals surface area contributed by atoms with Crippen molar-refractivity contribution < 1.29 is 38.5 Å².